The maximum atomic E-state index is 11.6. The lowest BCUT2D eigenvalue weighted by molar-refractivity contribution is -0.145. The molecule has 0 radical (unpaired) electrons. The van der Waals surface area contributed by atoms with Crippen LogP contribution in [0.4, 0.5) is 4.79 Å². The van der Waals surface area contributed by atoms with Crippen LogP contribution in [0.2, 0.25) is 0 Å². The first-order valence-electron chi connectivity index (χ1n) is 6.76. The number of carbonyl (C=O) groups is 2. The number of likely N-dealkylation sites (tertiary alicyclic amines) is 1. The molecule has 2 N–H and O–H groups in total. The van der Waals surface area contributed by atoms with Crippen LogP contribution >= 0.6 is 11.3 Å². The molecule has 1 aromatic heterocycles. The standard InChI is InChI=1S/C14H20N2O4S/c1-14(2,3)20-13(19)15-9-7-16(8-9)11(12(17)18)10-5-4-6-21-10/h4-6,9,11H,7-8H2,1-3H3,(H,15,19)(H,17,18). The molecule has 1 saturated heterocycles. The lowest BCUT2D eigenvalue weighted by Crippen LogP contribution is -2.61. The Morgan fingerprint density at radius 3 is 2.62 bits per heavy atom. The summed E-state index contributed by atoms with van der Waals surface area (Å²) in [7, 11) is 0. The SMILES string of the molecule is CC(C)(C)OC(=O)NC1CN(C(C(=O)O)c2cccs2)C1. The molecule has 1 unspecified atom stereocenters. The average Bonchev–Trinajstić information content (AvgIpc) is 2.76. The number of rotatable bonds is 4. The molecule has 0 aromatic carbocycles. The Morgan fingerprint density at radius 2 is 2.14 bits per heavy atom. The van der Waals surface area contributed by atoms with E-state index >= 15 is 0 Å². The Kier molecular flexibility index (Phi) is 4.53. The summed E-state index contributed by atoms with van der Waals surface area (Å²) in [5.74, 6) is -0.867. The molecule has 2 rings (SSSR count). The van der Waals surface area contributed by atoms with Gasteiger partial charge in [0.15, 0.2) is 0 Å². The van der Waals surface area contributed by atoms with Crippen LogP contribution in [0.25, 0.3) is 0 Å². The van der Waals surface area contributed by atoms with Crippen LogP contribution in [0, 0.1) is 0 Å². The van der Waals surface area contributed by atoms with Crippen molar-refractivity contribution in [3.8, 4) is 0 Å². The summed E-state index contributed by atoms with van der Waals surface area (Å²) in [6, 6.07) is 2.95. The summed E-state index contributed by atoms with van der Waals surface area (Å²) < 4.78 is 5.18. The number of hydrogen-bond donors (Lipinski definition) is 2. The summed E-state index contributed by atoms with van der Waals surface area (Å²) in [6.07, 6.45) is -0.463. The van der Waals surface area contributed by atoms with Crippen molar-refractivity contribution in [3.05, 3.63) is 22.4 Å². The fourth-order valence-corrected chi connectivity index (χ4v) is 3.04. The smallest absolute Gasteiger partial charge is 0.407 e. The third-order valence-corrected chi connectivity index (χ3v) is 3.97. The molecule has 21 heavy (non-hydrogen) atoms. The van der Waals surface area contributed by atoms with Crippen LogP contribution in [-0.4, -0.2) is 46.8 Å². The third-order valence-electron chi connectivity index (χ3n) is 3.04. The normalized spacial score (nSPS) is 17.9. The van der Waals surface area contributed by atoms with Crippen molar-refractivity contribution in [2.75, 3.05) is 13.1 Å². The largest absolute Gasteiger partial charge is 0.480 e. The predicted octanol–water partition coefficient (Wildman–Crippen LogP) is 2.08. The van der Waals surface area contributed by atoms with E-state index in [0.29, 0.717) is 13.1 Å². The Bertz CT molecular complexity index is 504. The van der Waals surface area contributed by atoms with Gasteiger partial charge in [0.2, 0.25) is 0 Å². The van der Waals surface area contributed by atoms with Gasteiger partial charge in [0, 0.05) is 18.0 Å². The van der Waals surface area contributed by atoms with Gasteiger partial charge in [0.25, 0.3) is 0 Å². The van der Waals surface area contributed by atoms with E-state index in [4.69, 9.17) is 4.74 Å². The van der Waals surface area contributed by atoms with Gasteiger partial charge in [-0.15, -0.1) is 11.3 Å². The van der Waals surface area contributed by atoms with Crippen LogP contribution < -0.4 is 5.32 Å². The minimum absolute atomic E-state index is 0.0679. The van der Waals surface area contributed by atoms with Crippen molar-refractivity contribution >= 4 is 23.4 Å². The molecule has 6 nitrogen and oxygen atoms in total. The van der Waals surface area contributed by atoms with E-state index in [1.165, 1.54) is 11.3 Å². The number of amides is 1. The van der Waals surface area contributed by atoms with Gasteiger partial charge in [-0.25, -0.2) is 4.79 Å². The van der Waals surface area contributed by atoms with Gasteiger partial charge in [0.1, 0.15) is 11.6 Å². The van der Waals surface area contributed by atoms with E-state index in [0.717, 1.165) is 4.88 Å². The summed E-state index contributed by atoms with van der Waals surface area (Å²) >= 11 is 1.43. The van der Waals surface area contributed by atoms with Crippen molar-refractivity contribution in [2.24, 2.45) is 0 Å². The Hall–Kier alpha value is -1.60. The van der Waals surface area contributed by atoms with Crippen LogP contribution in [0.15, 0.2) is 17.5 Å². The quantitative estimate of drug-likeness (QED) is 0.890. The lowest BCUT2D eigenvalue weighted by atomic mass is 10.0. The first-order valence-corrected chi connectivity index (χ1v) is 7.64. The molecular weight excluding hydrogens is 292 g/mol. The van der Waals surface area contributed by atoms with Gasteiger partial charge < -0.3 is 15.2 Å². The fourth-order valence-electron chi connectivity index (χ4n) is 2.19. The van der Waals surface area contributed by atoms with Gasteiger partial charge >= 0.3 is 12.1 Å². The number of hydrogen-bond acceptors (Lipinski definition) is 5. The second-order valence-corrected chi connectivity index (χ2v) is 7.03. The molecule has 1 atom stereocenters. The van der Waals surface area contributed by atoms with Crippen molar-refractivity contribution < 1.29 is 19.4 Å². The van der Waals surface area contributed by atoms with Gasteiger partial charge in [-0.3, -0.25) is 9.69 Å². The van der Waals surface area contributed by atoms with Crippen molar-refractivity contribution in [2.45, 2.75) is 38.5 Å². The fraction of sp³-hybridized carbons (Fsp3) is 0.571. The van der Waals surface area contributed by atoms with E-state index in [9.17, 15) is 14.7 Å². The molecule has 2 heterocycles. The number of carbonyl (C=O) groups excluding carboxylic acids is 1. The predicted molar refractivity (Wildman–Crippen MR) is 79.4 cm³/mol. The number of alkyl carbamates (subject to hydrolysis) is 1. The van der Waals surface area contributed by atoms with Crippen molar-refractivity contribution in [1.29, 1.82) is 0 Å². The summed E-state index contributed by atoms with van der Waals surface area (Å²) in [5.41, 5.74) is -0.534. The number of ether oxygens (including phenoxy) is 1. The molecule has 0 saturated carbocycles. The number of thiophene rings is 1. The minimum Gasteiger partial charge on any atom is -0.480 e. The lowest BCUT2D eigenvalue weighted by Gasteiger charge is -2.42. The third kappa shape index (κ3) is 4.18. The first-order chi connectivity index (χ1) is 9.76. The second kappa shape index (κ2) is 6.03. The highest BCUT2D eigenvalue weighted by molar-refractivity contribution is 7.10. The molecule has 7 heteroatoms. The maximum absolute atomic E-state index is 11.6. The zero-order valence-corrected chi connectivity index (χ0v) is 13.1. The van der Waals surface area contributed by atoms with Gasteiger partial charge in [0.05, 0.1) is 6.04 Å². The topological polar surface area (TPSA) is 78.9 Å². The van der Waals surface area contributed by atoms with E-state index in [2.05, 4.69) is 5.32 Å². The van der Waals surface area contributed by atoms with Crippen molar-refractivity contribution in [1.82, 2.24) is 10.2 Å². The zero-order valence-electron chi connectivity index (χ0n) is 12.3. The molecule has 1 fully saturated rings. The van der Waals surface area contributed by atoms with Gasteiger partial charge in [-0.2, -0.15) is 0 Å². The highest BCUT2D eigenvalue weighted by Gasteiger charge is 2.38. The van der Waals surface area contributed by atoms with Crippen LogP contribution in [-0.2, 0) is 9.53 Å². The molecule has 1 aliphatic rings. The monoisotopic (exact) mass is 312 g/mol. The second-order valence-electron chi connectivity index (χ2n) is 6.05. The summed E-state index contributed by atoms with van der Waals surface area (Å²) in [4.78, 5) is 25.7. The highest BCUT2D eigenvalue weighted by atomic mass is 32.1. The van der Waals surface area contributed by atoms with E-state index in [1.807, 2.05) is 22.4 Å². The Labute approximate surface area is 127 Å². The van der Waals surface area contributed by atoms with Crippen molar-refractivity contribution in [3.63, 3.8) is 0 Å². The summed E-state index contributed by atoms with van der Waals surface area (Å²) in [5, 5.41) is 14.0. The van der Waals surface area contributed by atoms with Gasteiger partial charge in [-0.05, 0) is 32.2 Å². The molecule has 0 spiro atoms. The highest BCUT2D eigenvalue weighted by Crippen LogP contribution is 2.29. The molecule has 1 amide bonds. The van der Waals surface area contributed by atoms with E-state index in [-0.39, 0.29) is 6.04 Å². The van der Waals surface area contributed by atoms with Crippen LogP contribution in [0.5, 0.6) is 0 Å². The van der Waals surface area contributed by atoms with Gasteiger partial charge in [-0.1, -0.05) is 6.07 Å². The maximum Gasteiger partial charge on any atom is 0.407 e. The molecular formula is C14H20N2O4S. The first kappa shape index (κ1) is 15.8. The summed E-state index contributed by atoms with van der Waals surface area (Å²) in [6.45, 7) is 6.42. The molecule has 1 aliphatic heterocycles. The number of nitrogens with zero attached hydrogens (tertiary/aromatic N) is 1. The van der Waals surface area contributed by atoms with Crippen LogP contribution in [0.3, 0.4) is 0 Å². The number of carboxylic acids is 1. The Balaban J connectivity index is 1.85. The molecule has 116 valence electrons. The Morgan fingerprint density at radius 1 is 1.48 bits per heavy atom. The van der Waals surface area contributed by atoms with Crippen LogP contribution in [0.1, 0.15) is 31.7 Å². The number of aliphatic carboxylic acids is 1. The zero-order chi connectivity index (χ0) is 15.6. The average molecular weight is 312 g/mol. The van der Waals surface area contributed by atoms with E-state index in [1.54, 1.807) is 20.8 Å². The molecule has 0 bridgehead atoms. The molecule has 0 aliphatic carbocycles. The molecule has 1 aromatic rings. The van der Waals surface area contributed by atoms with E-state index < -0.39 is 23.7 Å². The number of carboxylic acid groups (broad SMARTS) is 1. The minimum atomic E-state index is -0.867. The number of nitrogens with one attached hydrogen (secondary N) is 1.